The van der Waals surface area contributed by atoms with Crippen molar-refractivity contribution in [2.45, 2.75) is 6.92 Å². The number of nitrogen functional groups attached to an aromatic ring is 1. The van der Waals surface area contributed by atoms with E-state index in [0.717, 1.165) is 15.9 Å². The zero-order valence-corrected chi connectivity index (χ0v) is 11.5. The summed E-state index contributed by atoms with van der Waals surface area (Å²) < 4.78 is 0.966. The molecule has 0 radical (unpaired) electrons. The van der Waals surface area contributed by atoms with Gasteiger partial charge in [0.05, 0.1) is 10.2 Å². The summed E-state index contributed by atoms with van der Waals surface area (Å²) in [6.07, 6.45) is 2.92. The first kappa shape index (κ1) is 12.5. The second-order valence-electron chi connectivity index (χ2n) is 4.23. The second kappa shape index (κ2) is 4.86. The first-order valence-electron chi connectivity index (χ1n) is 5.93. The summed E-state index contributed by atoms with van der Waals surface area (Å²) in [5, 5.41) is 11.2. The minimum absolute atomic E-state index is 0.508. The summed E-state index contributed by atoms with van der Waals surface area (Å²) in [5.74, 6) is 0.508. The van der Waals surface area contributed by atoms with Gasteiger partial charge in [0.25, 0.3) is 0 Å². The third-order valence-electron chi connectivity index (χ3n) is 2.79. The van der Waals surface area contributed by atoms with Crippen molar-refractivity contribution in [1.82, 2.24) is 15.0 Å². The Labute approximate surface area is 119 Å². The van der Waals surface area contributed by atoms with Crippen LogP contribution in [0, 0.1) is 12.3 Å². The van der Waals surface area contributed by atoms with E-state index in [9.17, 15) is 0 Å². The van der Waals surface area contributed by atoms with Crippen LogP contribution in [0.2, 0.25) is 0 Å². The molecule has 2 heterocycles. The van der Waals surface area contributed by atoms with Crippen LogP contribution in [0.3, 0.4) is 0 Å². The summed E-state index contributed by atoms with van der Waals surface area (Å²) in [6, 6.07) is 5.52. The SMILES string of the molecule is Cc1ccnc(Nc2nc3c(C=N)c(N)ccc3s2)n1. The van der Waals surface area contributed by atoms with Crippen molar-refractivity contribution in [1.29, 1.82) is 5.41 Å². The average Bonchev–Trinajstić information content (AvgIpc) is 2.81. The highest BCUT2D eigenvalue weighted by Crippen LogP contribution is 2.31. The Bertz CT molecular complexity index is 795. The topological polar surface area (TPSA) is 101 Å². The summed E-state index contributed by atoms with van der Waals surface area (Å²) >= 11 is 1.48. The van der Waals surface area contributed by atoms with Gasteiger partial charge in [0.2, 0.25) is 5.95 Å². The third-order valence-corrected chi connectivity index (χ3v) is 3.73. The largest absolute Gasteiger partial charge is 0.398 e. The fourth-order valence-electron chi connectivity index (χ4n) is 1.84. The van der Waals surface area contributed by atoms with E-state index in [4.69, 9.17) is 11.1 Å². The van der Waals surface area contributed by atoms with Gasteiger partial charge in [-0.15, -0.1) is 0 Å². The van der Waals surface area contributed by atoms with Crippen LogP contribution in [0.5, 0.6) is 0 Å². The fourth-order valence-corrected chi connectivity index (χ4v) is 2.72. The second-order valence-corrected chi connectivity index (χ2v) is 5.26. The molecule has 0 unspecified atom stereocenters. The molecule has 0 aliphatic heterocycles. The van der Waals surface area contributed by atoms with Gasteiger partial charge < -0.3 is 16.5 Å². The molecule has 1 aromatic carbocycles. The van der Waals surface area contributed by atoms with Gasteiger partial charge in [-0.05, 0) is 25.1 Å². The molecule has 0 spiro atoms. The molecule has 0 atom stereocenters. The Balaban J connectivity index is 2.03. The number of benzene rings is 1. The fraction of sp³-hybridized carbons (Fsp3) is 0.0769. The van der Waals surface area contributed by atoms with Crippen molar-refractivity contribution >= 4 is 44.5 Å². The maximum atomic E-state index is 7.44. The Morgan fingerprint density at radius 2 is 2.15 bits per heavy atom. The van der Waals surface area contributed by atoms with Crippen LogP contribution in [-0.4, -0.2) is 21.2 Å². The Morgan fingerprint density at radius 1 is 1.30 bits per heavy atom. The van der Waals surface area contributed by atoms with Crippen LogP contribution < -0.4 is 11.1 Å². The molecule has 0 aliphatic rings. The van der Waals surface area contributed by atoms with E-state index in [2.05, 4.69) is 20.3 Å². The van der Waals surface area contributed by atoms with Crippen LogP contribution in [-0.2, 0) is 0 Å². The maximum absolute atomic E-state index is 7.44. The molecule has 2 aromatic heterocycles. The number of anilines is 3. The summed E-state index contributed by atoms with van der Waals surface area (Å²) in [4.78, 5) is 12.9. The first-order valence-corrected chi connectivity index (χ1v) is 6.75. The van der Waals surface area contributed by atoms with E-state index in [0.29, 0.717) is 22.3 Å². The third kappa shape index (κ3) is 2.19. The average molecular weight is 284 g/mol. The highest BCUT2D eigenvalue weighted by molar-refractivity contribution is 7.22. The molecule has 0 aliphatic carbocycles. The van der Waals surface area contributed by atoms with Gasteiger partial charge in [0.1, 0.15) is 0 Å². The summed E-state index contributed by atoms with van der Waals surface area (Å²) in [5.41, 5.74) is 8.64. The summed E-state index contributed by atoms with van der Waals surface area (Å²) in [7, 11) is 0. The van der Waals surface area contributed by atoms with Gasteiger partial charge in [-0.3, -0.25) is 0 Å². The van der Waals surface area contributed by atoms with Gasteiger partial charge in [0, 0.05) is 29.4 Å². The number of thiazole rings is 1. The number of nitrogens with two attached hydrogens (primary N) is 1. The minimum Gasteiger partial charge on any atom is -0.398 e. The van der Waals surface area contributed by atoms with Gasteiger partial charge in [0.15, 0.2) is 5.13 Å². The molecule has 7 heteroatoms. The normalized spacial score (nSPS) is 10.7. The monoisotopic (exact) mass is 284 g/mol. The number of aromatic nitrogens is 3. The van der Waals surface area contributed by atoms with Crippen molar-refractivity contribution in [3.8, 4) is 0 Å². The molecular formula is C13H12N6S. The maximum Gasteiger partial charge on any atom is 0.229 e. The lowest BCUT2D eigenvalue weighted by atomic mass is 10.2. The summed E-state index contributed by atoms with van der Waals surface area (Å²) in [6.45, 7) is 1.90. The highest BCUT2D eigenvalue weighted by Gasteiger charge is 2.10. The highest BCUT2D eigenvalue weighted by atomic mass is 32.1. The first-order chi connectivity index (χ1) is 9.67. The van der Waals surface area contributed by atoms with Crippen molar-refractivity contribution in [3.05, 3.63) is 35.7 Å². The lowest BCUT2D eigenvalue weighted by Gasteiger charge is -2.00. The number of hydrogen-bond acceptors (Lipinski definition) is 7. The van der Waals surface area contributed by atoms with Crippen molar-refractivity contribution in [2.24, 2.45) is 0 Å². The van der Waals surface area contributed by atoms with E-state index in [1.54, 1.807) is 12.3 Å². The van der Waals surface area contributed by atoms with E-state index in [-0.39, 0.29) is 0 Å². The zero-order chi connectivity index (χ0) is 14.1. The van der Waals surface area contributed by atoms with E-state index in [1.165, 1.54) is 17.6 Å². The molecule has 3 rings (SSSR count). The van der Waals surface area contributed by atoms with Crippen LogP contribution >= 0.6 is 11.3 Å². The van der Waals surface area contributed by atoms with Gasteiger partial charge >= 0.3 is 0 Å². The Hall–Kier alpha value is -2.54. The predicted octanol–water partition coefficient (Wildman–Crippen LogP) is 2.72. The van der Waals surface area contributed by atoms with Crippen molar-refractivity contribution in [3.63, 3.8) is 0 Å². The van der Waals surface area contributed by atoms with Crippen molar-refractivity contribution in [2.75, 3.05) is 11.1 Å². The minimum atomic E-state index is 0.508. The zero-order valence-electron chi connectivity index (χ0n) is 10.7. The van der Waals surface area contributed by atoms with Crippen LogP contribution in [0.4, 0.5) is 16.8 Å². The molecule has 0 fully saturated rings. The molecule has 6 nitrogen and oxygen atoms in total. The number of nitrogens with zero attached hydrogens (tertiary/aromatic N) is 3. The molecular weight excluding hydrogens is 272 g/mol. The number of nitrogens with one attached hydrogen (secondary N) is 2. The molecule has 20 heavy (non-hydrogen) atoms. The van der Waals surface area contributed by atoms with Crippen LogP contribution in [0.25, 0.3) is 10.2 Å². The molecule has 0 saturated carbocycles. The molecule has 3 aromatic rings. The number of aryl methyl sites for hydroxylation is 1. The Kier molecular flexibility index (Phi) is 3.03. The molecule has 4 N–H and O–H groups in total. The quantitative estimate of drug-likeness (QED) is 0.507. The number of fused-ring (bicyclic) bond motifs is 1. The standard InChI is InChI=1S/C13H12N6S/c1-7-4-5-16-12(17-7)19-13-18-11-8(6-14)9(15)2-3-10(11)20-13/h2-6,14H,15H2,1H3,(H,16,17,18,19). The lowest BCUT2D eigenvalue weighted by Crippen LogP contribution is -1.97. The molecule has 0 bridgehead atoms. The molecule has 0 saturated heterocycles. The van der Waals surface area contributed by atoms with Gasteiger partial charge in [-0.1, -0.05) is 11.3 Å². The lowest BCUT2D eigenvalue weighted by molar-refractivity contribution is 1.10. The van der Waals surface area contributed by atoms with Crippen LogP contribution in [0.15, 0.2) is 24.4 Å². The van der Waals surface area contributed by atoms with E-state index < -0.39 is 0 Å². The predicted molar refractivity (Wildman–Crippen MR) is 82.0 cm³/mol. The van der Waals surface area contributed by atoms with Crippen LogP contribution in [0.1, 0.15) is 11.3 Å². The smallest absolute Gasteiger partial charge is 0.229 e. The molecule has 100 valence electrons. The van der Waals surface area contributed by atoms with Gasteiger partial charge in [-0.2, -0.15) is 0 Å². The number of rotatable bonds is 3. The molecule has 0 amide bonds. The Morgan fingerprint density at radius 3 is 2.90 bits per heavy atom. The van der Waals surface area contributed by atoms with E-state index >= 15 is 0 Å². The number of hydrogen-bond donors (Lipinski definition) is 3. The van der Waals surface area contributed by atoms with Crippen molar-refractivity contribution < 1.29 is 0 Å². The van der Waals surface area contributed by atoms with E-state index in [1.807, 2.05) is 19.1 Å². The van der Waals surface area contributed by atoms with Gasteiger partial charge in [-0.25, -0.2) is 15.0 Å².